The fourth-order valence-electron chi connectivity index (χ4n) is 1.93. The van der Waals surface area contributed by atoms with Crippen molar-refractivity contribution in [2.24, 2.45) is 11.7 Å². The number of aliphatic carboxylic acids is 1. The lowest BCUT2D eigenvalue weighted by molar-refractivity contribution is -0.141. The molecule has 1 fully saturated rings. The number of carbonyl (C=O) groups is 2. The average Bonchev–Trinajstić information content (AvgIpc) is 2.79. The molecule has 7 heteroatoms. The molecule has 1 amide bonds. The minimum atomic E-state index is -0.996. The van der Waals surface area contributed by atoms with Crippen LogP contribution in [-0.4, -0.2) is 36.2 Å². The number of hydrogen-bond acceptors (Lipinski definition) is 4. The molecule has 0 aromatic heterocycles. The second-order valence-electron chi connectivity index (χ2n) is 4.29. The summed E-state index contributed by atoms with van der Waals surface area (Å²) in [5, 5.41) is 11.7. The van der Waals surface area contributed by atoms with Crippen LogP contribution in [-0.2, 0) is 9.53 Å². The lowest BCUT2D eigenvalue weighted by Crippen LogP contribution is -2.33. The molecule has 0 radical (unpaired) electrons. The molecule has 0 saturated carbocycles. The monoisotopic (exact) mass is 268 g/mol. The Kier molecular flexibility index (Phi) is 3.66. The van der Waals surface area contributed by atoms with Crippen molar-refractivity contribution < 1.29 is 23.8 Å². The number of ether oxygens (including phenoxy) is 1. The molecular formula is C12H13FN2O4. The first-order valence-corrected chi connectivity index (χ1v) is 5.65. The van der Waals surface area contributed by atoms with Crippen LogP contribution in [0.15, 0.2) is 18.2 Å². The molecule has 102 valence electrons. The Hall–Kier alpha value is -2.15. The van der Waals surface area contributed by atoms with Gasteiger partial charge in [-0.1, -0.05) is 0 Å². The highest BCUT2D eigenvalue weighted by atomic mass is 19.1. The molecule has 1 aromatic rings. The third kappa shape index (κ3) is 2.82. The Morgan fingerprint density at radius 1 is 1.42 bits per heavy atom. The van der Waals surface area contributed by atoms with E-state index in [9.17, 15) is 14.0 Å². The summed E-state index contributed by atoms with van der Waals surface area (Å²) >= 11 is 0. The molecule has 1 heterocycles. The number of rotatable bonds is 4. The van der Waals surface area contributed by atoms with Gasteiger partial charge in [-0.25, -0.2) is 4.39 Å². The van der Waals surface area contributed by atoms with Crippen molar-refractivity contribution in [3.8, 4) is 0 Å². The van der Waals surface area contributed by atoms with Gasteiger partial charge in [0.15, 0.2) is 0 Å². The van der Waals surface area contributed by atoms with Gasteiger partial charge in [0.1, 0.15) is 11.7 Å². The lowest BCUT2D eigenvalue weighted by Gasteiger charge is -2.17. The van der Waals surface area contributed by atoms with E-state index in [-0.39, 0.29) is 24.5 Å². The predicted octanol–water partition coefficient (Wildman–Crippen LogP) is 0.436. The van der Waals surface area contributed by atoms with Gasteiger partial charge in [0.25, 0.3) is 0 Å². The first-order chi connectivity index (χ1) is 8.99. The average molecular weight is 268 g/mol. The van der Waals surface area contributed by atoms with Crippen LogP contribution in [0.4, 0.5) is 10.1 Å². The zero-order valence-electron chi connectivity index (χ0n) is 9.93. The van der Waals surface area contributed by atoms with E-state index in [1.807, 2.05) is 0 Å². The number of amides is 1. The van der Waals surface area contributed by atoms with E-state index in [2.05, 4.69) is 5.32 Å². The molecule has 2 rings (SSSR count). The molecule has 19 heavy (non-hydrogen) atoms. The van der Waals surface area contributed by atoms with Gasteiger partial charge in [0, 0.05) is 5.56 Å². The molecule has 6 nitrogen and oxygen atoms in total. The molecule has 2 atom stereocenters. The van der Waals surface area contributed by atoms with Crippen molar-refractivity contribution >= 4 is 17.6 Å². The van der Waals surface area contributed by atoms with Gasteiger partial charge < -0.3 is 20.9 Å². The summed E-state index contributed by atoms with van der Waals surface area (Å²) in [6, 6.07) is 3.23. The summed E-state index contributed by atoms with van der Waals surface area (Å²) in [7, 11) is 0. The first-order valence-electron chi connectivity index (χ1n) is 5.65. The normalized spacial score (nSPS) is 22.2. The van der Waals surface area contributed by atoms with Crippen LogP contribution >= 0.6 is 0 Å². The highest BCUT2D eigenvalue weighted by Crippen LogP contribution is 2.22. The highest BCUT2D eigenvalue weighted by Gasteiger charge is 2.34. The first kappa shape index (κ1) is 13.3. The number of primary amides is 1. The van der Waals surface area contributed by atoms with E-state index in [0.717, 1.165) is 6.07 Å². The van der Waals surface area contributed by atoms with E-state index >= 15 is 0 Å². The second-order valence-corrected chi connectivity index (χ2v) is 4.29. The quantitative estimate of drug-likeness (QED) is 0.735. The zero-order chi connectivity index (χ0) is 14.0. The molecule has 0 aliphatic carbocycles. The predicted molar refractivity (Wildman–Crippen MR) is 64.3 cm³/mol. The Bertz CT molecular complexity index is 520. The number of carboxylic acids is 1. The number of anilines is 1. The molecular weight excluding hydrogens is 255 g/mol. The van der Waals surface area contributed by atoms with Gasteiger partial charge >= 0.3 is 5.97 Å². The number of carbonyl (C=O) groups excluding carboxylic acids is 1. The van der Waals surface area contributed by atoms with Gasteiger partial charge in [0.2, 0.25) is 5.91 Å². The Balaban J connectivity index is 2.15. The van der Waals surface area contributed by atoms with Crippen LogP contribution in [0.2, 0.25) is 0 Å². The number of nitrogens with two attached hydrogens (primary N) is 1. The van der Waals surface area contributed by atoms with Gasteiger partial charge in [-0.15, -0.1) is 0 Å². The Morgan fingerprint density at radius 3 is 2.74 bits per heavy atom. The van der Waals surface area contributed by atoms with Crippen LogP contribution in [0.25, 0.3) is 0 Å². The molecule has 0 bridgehead atoms. The van der Waals surface area contributed by atoms with Gasteiger partial charge in [-0.2, -0.15) is 0 Å². The second kappa shape index (κ2) is 5.23. The van der Waals surface area contributed by atoms with Crippen LogP contribution in [0.5, 0.6) is 0 Å². The minimum absolute atomic E-state index is 0.0560. The van der Waals surface area contributed by atoms with E-state index in [1.165, 1.54) is 12.1 Å². The minimum Gasteiger partial charge on any atom is -0.481 e. The molecule has 4 N–H and O–H groups in total. The third-order valence-corrected chi connectivity index (χ3v) is 2.99. The van der Waals surface area contributed by atoms with Crippen LogP contribution in [0.1, 0.15) is 10.4 Å². The molecule has 1 saturated heterocycles. The number of halogens is 1. The van der Waals surface area contributed by atoms with Crippen LogP contribution in [0, 0.1) is 11.7 Å². The van der Waals surface area contributed by atoms with E-state index in [0.29, 0.717) is 0 Å². The molecule has 1 aliphatic rings. The SMILES string of the molecule is NC(=O)c1ccc(NC2COCC2C(=O)O)c(F)c1. The zero-order valence-corrected chi connectivity index (χ0v) is 9.93. The Labute approximate surface area is 108 Å². The van der Waals surface area contributed by atoms with E-state index < -0.39 is 29.7 Å². The number of hydrogen-bond donors (Lipinski definition) is 3. The van der Waals surface area contributed by atoms with Crippen molar-refractivity contribution in [2.75, 3.05) is 18.5 Å². The topological polar surface area (TPSA) is 102 Å². The van der Waals surface area contributed by atoms with Crippen molar-refractivity contribution in [1.29, 1.82) is 0 Å². The van der Waals surface area contributed by atoms with Crippen molar-refractivity contribution in [3.05, 3.63) is 29.6 Å². The van der Waals surface area contributed by atoms with Gasteiger partial charge in [-0.05, 0) is 18.2 Å². The van der Waals surface area contributed by atoms with Crippen molar-refractivity contribution in [3.63, 3.8) is 0 Å². The fourth-order valence-corrected chi connectivity index (χ4v) is 1.93. The maximum absolute atomic E-state index is 13.7. The highest BCUT2D eigenvalue weighted by molar-refractivity contribution is 5.93. The summed E-state index contributed by atoms with van der Waals surface area (Å²) < 4.78 is 18.8. The maximum atomic E-state index is 13.7. The van der Waals surface area contributed by atoms with E-state index in [1.54, 1.807) is 0 Å². The largest absolute Gasteiger partial charge is 0.481 e. The molecule has 1 aliphatic heterocycles. The van der Waals surface area contributed by atoms with Gasteiger partial charge in [0.05, 0.1) is 24.9 Å². The standard InChI is InChI=1S/C12H13FN2O4/c13-8-3-6(11(14)16)1-2-9(8)15-10-5-19-4-7(10)12(17)18/h1-3,7,10,15H,4-5H2,(H2,14,16)(H,17,18). The maximum Gasteiger partial charge on any atom is 0.311 e. The summed E-state index contributed by atoms with van der Waals surface area (Å²) in [6.45, 7) is 0.280. The summed E-state index contributed by atoms with van der Waals surface area (Å²) in [5.74, 6) is -3.11. The van der Waals surface area contributed by atoms with Crippen LogP contribution in [0.3, 0.4) is 0 Å². The number of benzene rings is 1. The molecule has 1 aromatic carbocycles. The molecule has 2 unspecified atom stereocenters. The van der Waals surface area contributed by atoms with E-state index in [4.69, 9.17) is 15.6 Å². The number of nitrogens with one attached hydrogen (secondary N) is 1. The fraction of sp³-hybridized carbons (Fsp3) is 0.333. The number of carboxylic acid groups (broad SMARTS) is 1. The summed E-state index contributed by atoms with van der Waals surface area (Å²) in [6.07, 6.45) is 0. The van der Waals surface area contributed by atoms with Crippen molar-refractivity contribution in [1.82, 2.24) is 0 Å². The van der Waals surface area contributed by atoms with Crippen molar-refractivity contribution in [2.45, 2.75) is 6.04 Å². The smallest absolute Gasteiger partial charge is 0.311 e. The van der Waals surface area contributed by atoms with Crippen LogP contribution < -0.4 is 11.1 Å². The Morgan fingerprint density at radius 2 is 2.16 bits per heavy atom. The summed E-state index contributed by atoms with van der Waals surface area (Å²) in [5.41, 5.74) is 5.21. The van der Waals surface area contributed by atoms with Gasteiger partial charge in [-0.3, -0.25) is 9.59 Å². The lowest BCUT2D eigenvalue weighted by atomic mass is 10.0. The molecule has 0 spiro atoms. The third-order valence-electron chi connectivity index (χ3n) is 2.99. The summed E-state index contributed by atoms with van der Waals surface area (Å²) in [4.78, 5) is 21.8.